The molecular weight excluding hydrogens is 663 g/mol. The average molecular weight is 687 g/mol. The van der Waals surface area contributed by atoms with Crippen LogP contribution in [-0.4, -0.2) is 20.1 Å². The van der Waals surface area contributed by atoms with Crippen LogP contribution in [-0.2, 0) is 21.1 Å². The molecule has 0 amide bonds. The minimum atomic E-state index is 0. The Morgan fingerprint density at radius 1 is 0.641 bits per heavy atom. The molecule has 0 saturated carbocycles. The van der Waals surface area contributed by atoms with Gasteiger partial charge in [0.1, 0.15) is 11.6 Å². The Morgan fingerprint density at radius 2 is 1.33 bits per heavy atom. The minimum Gasteiger partial charge on any atom is -0.507 e. The maximum absolute atomic E-state index is 10.6. The van der Waals surface area contributed by atoms with Gasteiger partial charge in [-0.05, 0) is 53.3 Å². The Labute approximate surface area is 241 Å². The fourth-order valence-corrected chi connectivity index (χ4v) is 4.32. The Bertz CT molecular complexity index is 1640. The Morgan fingerprint density at radius 3 is 2.08 bits per heavy atom. The van der Waals surface area contributed by atoms with Gasteiger partial charge < -0.3 is 10.0 Å². The van der Waals surface area contributed by atoms with Gasteiger partial charge in [0.15, 0.2) is 5.82 Å². The summed E-state index contributed by atoms with van der Waals surface area (Å²) in [6, 6.07) is 44.5. The molecule has 0 unspecified atom stereocenters. The van der Waals surface area contributed by atoms with Gasteiger partial charge >= 0.3 is 0 Å². The molecule has 0 aliphatic carbocycles. The molecule has 1 N–H and O–H groups in total. The van der Waals surface area contributed by atoms with Crippen molar-refractivity contribution in [3.05, 3.63) is 140 Å². The topological polar surface area (TPSA) is 62.1 Å². The van der Waals surface area contributed by atoms with E-state index in [1.165, 1.54) is 0 Å². The van der Waals surface area contributed by atoms with E-state index in [-0.39, 0.29) is 26.8 Å². The third-order valence-electron chi connectivity index (χ3n) is 6.13. The van der Waals surface area contributed by atoms with Crippen molar-refractivity contribution in [2.45, 2.75) is 0 Å². The van der Waals surface area contributed by atoms with Crippen molar-refractivity contribution in [2.75, 3.05) is 4.90 Å². The first-order valence-corrected chi connectivity index (χ1v) is 12.3. The van der Waals surface area contributed by atoms with E-state index < -0.39 is 0 Å². The molecule has 6 rings (SSSR count). The third-order valence-corrected chi connectivity index (χ3v) is 6.13. The van der Waals surface area contributed by atoms with Crippen LogP contribution in [0.25, 0.3) is 33.9 Å². The molecule has 6 aromatic rings. The third kappa shape index (κ3) is 5.64. The summed E-state index contributed by atoms with van der Waals surface area (Å²) in [4.78, 5) is 16.3. The van der Waals surface area contributed by atoms with E-state index in [1.54, 1.807) is 18.3 Å². The van der Waals surface area contributed by atoms with Crippen LogP contribution < -0.4 is 4.90 Å². The largest absolute Gasteiger partial charge is 0.507 e. The Kier molecular flexibility index (Phi) is 7.90. The van der Waals surface area contributed by atoms with Crippen LogP contribution >= 0.6 is 0 Å². The Hall–Kier alpha value is -4.60. The summed E-state index contributed by atoms with van der Waals surface area (Å²) in [5, 5.41) is 10.6. The summed E-state index contributed by atoms with van der Waals surface area (Å²) in [6.07, 6.45) is 1.78. The van der Waals surface area contributed by atoms with Crippen LogP contribution in [0.2, 0.25) is 0 Å². The van der Waals surface area contributed by atoms with Crippen molar-refractivity contribution in [2.24, 2.45) is 0 Å². The van der Waals surface area contributed by atoms with Gasteiger partial charge in [-0.1, -0.05) is 72.8 Å². The number of aromatic hydroxyl groups is 1. The summed E-state index contributed by atoms with van der Waals surface area (Å²) < 4.78 is 0. The molecule has 39 heavy (non-hydrogen) atoms. The molecule has 0 bridgehead atoms. The van der Waals surface area contributed by atoms with Crippen molar-refractivity contribution in [3.63, 3.8) is 0 Å². The maximum atomic E-state index is 10.6. The Balaban J connectivity index is 0.00000308. The van der Waals surface area contributed by atoms with E-state index in [4.69, 9.17) is 9.97 Å². The maximum Gasteiger partial charge on any atom is 0.154 e. The molecule has 6 heteroatoms. The SMILES string of the molecule is Oc1ccccc1-c1nc(-c2[c-]c(N(c3ccccc3)c3ccccn3)ccc2)cc(-c2ccccc2)n1.[Pt]. The quantitative estimate of drug-likeness (QED) is 0.181. The first kappa shape index (κ1) is 26.0. The van der Waals surface area contributed by atoms with Crippen molar-refractivity contribution in [3.8, 4) is 39.7 Å². The number of hydrogen-bond acceptors (Lipinski definition) is 5. The van der Waals surface area contributed by atoms with Gasteiger partial charge in [-0.25, -0.2) is 9.97 Å². The fourth-order valence-electron chi connectivity index (χ4n) is 4.32. The molecule has 0 atom stereocenters. The van der Waals surface area contributed by atoms with Crippen molar-refractivity contribution < 1.29 is 26.2 Å². The second-order valence-electron chi connectivity index (χ2n) is 8.65. The van der Waals surface area contributed by atoms with E-state index in [0.29, 0.717) is 17.1 Å². The van der Waals surface area contributed by atoms with Gasteiger partial charge in [0.05, 0.1) is 11.3 Å². The first-order chi connectivity index (χ1) is 18.8. The number of benzene rings is 4. The van der Waals surface area contributed by atoms with Crippen molar-refractivity contribution in [1.82, 2.24) is 15.0 Å². The molecular formula is C33H23N4OPt-. The van der Waals surface area contributed by atoms with Crippen LogP contribution in [0, 0.1) is 6.07 Å². The summed E-state index contributed by atoms with van der Waals surface area (Å²) in [5.74, 6) is 1.37. The van der Waals surface area contributed by atoms with Gasteiger partial charge in [-0.3, -0.25) is 4.98 Å². The molecule has 0 aliphatic heterocycles. The summed E-state index contributed by atoms with van der Waals surface area (Å²) >= 11 is 0. The van der Waals surface area contributed by atoms with E-state index in [9.17, 15) is 5.11 Å². The second-order valence-corrected chi connectivity index (χ2v) is 8.65. The van der Waals surface area contributed by atoms with Crippen LogP contribution in [0.1, 0.15) is 0 Å². The molecule has 5 nitrogen and oxygen atoms in total. The zero-order valence-corrected chi connectivity index (χ0v) is 23.0. The van der Waals surface area contributed by atoms with E-state index in [0.717, 1.165) is 34.0 Å². The number of aromatic nitrogens is 3. The van der Waals surface area contributed by atoms with Gasteiger partial charge in [0.25, 0.3) is 0 Å². The monoisotopic (exact) mass is 686 g/mol. The second kappa shape index (κ2) is 11.8. The predicted octanol–water partition coefficient (Wildman–Crippen LogP) is 7.85. The summed E-state index contributed by atoms with van der Waals surface area (Å²) in [7, 11) is 0. The van der Waals surface area contributed by atoms with Gasteiger partial charge in [-0.2, -0.15) is 0 Å². The van der Waals surface area contributed by atoms with Crippen LogP contribution in [0.4, 0.5) is 17.2 Å². The summed E-state index contributed by atoms with van der Waals surface area (Å²) in [5.41, 5.74) is 5.60. The molecule has 0 aliphatic rings. The molecule has 0 spiro atoms. The number of anilines is 3. The number of hydrogen-bond donors (Lipinski definition) is 1. The van der Waals surface area contributed by atoms with Crippen LogP contribution in [0.3, 0.4) is 0 Å². The number of phenolic OH excluding ortho intramolecular Hbond substituents is 1. The van der Waals surface area contributed by atoms with Crippen LogP contribution in [0.5, 0.6) is 5.75 Å². The van der Waals surface area contributed by atoms with Crippen LogP contribution in [0.15, 0.2) is 134 Å². The number of pyridine rings is 1. The van der Waals surface area contributed by atoms with Crippen molar-refractivity contribution in [1.29, 1.82) is 0 Å². The molecule has 2 aromatic heterocycles. The smallest absolute Gasteiger partial charge is 0.154 e. The molecule has 0 radical (unpaired) electrons. The molecule has 192 valence electrons. The van der Waals surface area contributed by atoms with Gasteiger partial charge in [0, 0.05) is 32.9 Å². The molecule has 4 aromatic carbocycles. The molecule has 2 heterocycles. The number of rotatable bonds is 6. The zero-order chi connectivity index (χ0) is 25.7. The standard InChI is InChI=1S/C33H23N4O.Pt/c38-31-19-8-7-18-28(31)33-35-29(24-12-3-1-4-13-24)23-30(36-33)25-14-11-17-27(22-25)37(26-15-5-2-6-16-26)32-20-9-10-21-34-32;/h1-21,23,38H;/q-1;. The van der Waals surface area contributed by atoms with E-state index in [1.807, 2.05) is 115 Å². The molecule has 0 fully saturated rings. The normalized spacial score (nSPS) is 10.5. The molecule has 0 saturated heterocycles. The van der Waals surface area contributed by atoms with Gasteiger partial charge in [0.2, 0.25) is 0 Å². The zero-order valence-electron chi connectivity index (χ0n) is 20.8. The first-order valence-electron chi connectivity index (χ1n) is 12.3. The van der Waals surface area contributed by atoms with Gasteiger partial charge in [-0.15, -0.1) is 29.8 Å². The number of nitrogens with zero attached hydrogens (tertiary/aromatic N) is 4. The van der Waals surface area contributed by atoms with E-state index >= 15 is 0 Å². The fraction of sp³-hybridized carbons (Fsp3) is 0. The minimum absolute atomic E-state index is 0. The predicted molar refractivity (Wildman–Crippen MR) is 151 cm³/mol. The average Bonchev–Trinajstić information content (AvgIpc) is 2.99. The summed E-state index contributed by atoms with van der Waals surface area (Å²) in [6.45, 7) is 0. The number of para-hydroxylation sites is 2. The van der Waals surface area contributed by atoms with Crippen molar-refractivity contribution >= 4 is 17.2 Å². The van der Waals surface area contributed by atoms with E-state index in [2.05, 4.69) is 16.0 Å². The number of phenols is 1.